The molecule has 0 N–H and O–H groups in total. The molecule has 0 fully saturated rings. The Morgan fingerprint density at radius 3 is 2.83 bits per heavy atom. The molecule has 1 rings (SSSR count). The van der Waals surface area contributed by atoms with Gasteiger partial charge in [-0.25, -0.2) is 0 Å². The Labute approximate surface area is 37.4 Å². The maximum absolute atomic E-state index is 3.85. The molecule has 6 heavy (non-hydrogen) atoms. The summed E-state index contributed by atoms with van der Waals surface area (Å²) in [5.41, 5.74) is 0. The SMILES string of the molecule is [C]1C=CCN=C1. The lowest BCUT2D eigenvalue weighted by atomic mass is 10.3. The molecule has 1 heterocycles. The summed E-state index contributed by atoms with van der Waals surface area (Å²) < 4.78 is 0. The summed E-state index contributed by atoms with van der Waals surface area (Å²) >= 11 is 0. The molecule has 1 heteroatoms. The first-order valence-electron chi connectivity index (χ1n) is 1.89. The summed E-state index contributed by atoms with van der Waals surface area (Å²) in [6.45, 7) is 0.826. The minimum Gasteiger partial charge on any atom is -0.292 e. The molecule has 2 radical (unpaired) electrons. The zero-order valence-electron chi connectivity index (χ0n) is 3.39. The zero-order valence-corrected chi connectivity index (χ0v) is 3.39. The van der Waals surface area contributed by atoms with Gasteiger partial charge in [-0.2, -0.15) is 0 Å². The van der Waals surface area contributed by atoms with E-state index in [4.69, 9.17) is 0 Å². The third-order valence-corrected chi connectivity index (χ3v) is 0.591. The van der Waals surface area contributed by atoms with Gasteiger partial charge in [0, 0.05) is 6.21 Å². The van der Waals surface area contributed by atoms with Crippen LogP contribution in [-0.2, 0) is 0 Å². The second-order valence-electron chi connectivity index (χ2n) is 1.06. The van der Waals surface area contributed by atoms with Gasteiger partial charge in [0.1, 0.15) is 0 Å². The minimum atomic E-state index is 0.826. The van der Waals surface area contributed by atoms with Crippen molar-refractivity contribution in [2.45, 2.75) is 0 Å². The van der Waals surface area contributed by atoms with Crippen LogP contribution in [0.1, 0.15) is 0 Å². The summed E-state index contributed by atoms with van der Waals surface area (Å²) in [5, 5.41) is 0. The van der Waals surface area contributed by atoms with E-state index in [0.717, 1.165) is 6.54 Å². The van der Waals surface area contributed by atoms with Gasteiger partial charge in [-0.1, -0.05) is 12.2 Å². The van der Waals surface area contributed by atoms with Crippen LogP contribution in [0.5, 0.6) is 0 Å². The second-order valence-corrected chi connectivity index (χ2v) is 1.06. The standard InChI is InChI=1S/C5H5N/c1-2-4-6-5-3-1/h1-2,5H,4H2. The Bertz CT molecular complexity index is 61.9. The quantitative estimate of drug-likeness (QED) is 0.405. The number of aliphatic imine (C=N–C) groups is 1. The van der Waals surface area contributed by atoms with E-state index in [0.29, 0.717) is 0 Å². The largest absolute Gasteiger partial charge is 0.292 e. The van der Waals surface area contributed by atoms with Gasteiger partial charge in [0.05, 0.1) is 13.0 Å². The first-order chi connectivity index (χ1) is 3.00. The Morgan fingerprint density at radius 1 is 1.67 bits per heavy atom. The smallest absolute Gasteiger partial charge is 0.0567 e. The zero-order chi connectivity index (χ0) is 4.24. The van der Waals surface area contributed by atoms with Crippen LogP contribution in [0.4, 0.5) is 0 Å². The number of dihydropyridines is 1. The van der Waals surface area contributed by atoms with E-state index in [1.807, 2.05) is 12.2 Å². The molecule has 0 saturated heterocycles. The van der Waals surface area contributed by atoms with E-state index >= 15 is 0 Å². The molecule has 1 nitrogen and oxygen atoms in total. The average molecular weight is 79.1 g/mol. The highest BCUT2D eigenvalue weighted by atomic mass is 14.7. The van der Waals surface area contributed by atoms with Crippen LogP contribution in [0, 0.1) is 6.42 Å². The van der Waals surface area contributed by atoms with Crippen molar-refractivity contribution >= 4 is 6.21 Å². The van der Waals surface area contributed by atoms with Crippen molar-refractivity contribution in [3.05, 3.63) is 18.6 Å². The number of allylic oxidation sites excluding steroid dienone is 1. The van der Waals surface area contributed by atoms with Crippen molar-refractivity contribution in [3.8, 4) is 0 Å². The number of rotatable bonds is 0. The molecule has 0 atom stereocenters. The molecule has 0 aromatic rings. The van der Waals surface area contributed by atoms with Crippen LogP contribution in [0.3, 0.4) is 0 Å². The molecule has 0 aromatic heterocycles. The van der Waals surface area contributed by atoms with Crippen molar-refractivity contribution in [1.29, 1.82) is 0 Å². The molecule has 30 valence electrons. The predicted octanol–water partition coefficient (Wildman–Crippen LogP) is 0.708. The number of hydrogen-bond donors (Lipinski definition) is 0. The Morgan fingerprint density at radius 2 is 2.67 bits per heavy atom. The molecule has 0 bridgehead atoms. The second kappa shape index (κ2) is 1.75. The molecule has 1 aliphatic heterocycles. The van der Waals surface area contributed by atoms with Gasteiger partial charge in [-0.05, 0) is 0 Å². The van der Waals surface area contributed by atoms with Crippen molar-refractivity contribution in [1.82, 2.24) is 0 Å². The maximum atomic E-state index is 3.85. The summed E-state index contributed by atoms with van der Waals surface area (Å²) in [7, 11) is 0. The van der Waals surface area contributed by atoms with Crippen LogP contribution < -0.4 is 0 Å². The molecular formula is C5H5N. The fraction of sp³-hybridized carbons (Fsp3) is 0.200. The number of hydrogen-bond acceptors (Lipinski definition) is 1. The van der Waals surface area contributed by atoms with Gasteiger partial charge < -0.3 is 0 Å². The van der Waals surface area contributed by atoms with Crippen LogP contribution in [0.2, 0.25) is 0 Å². The molecule has 0 aromatic carbocycles. The molecule has 0 spiro atoms. The van der Waals surface area contributed by atoms with E-state index in [9.17, 15) is 0 Å². The molecule has 0 unspecified atom stereocenters. The summed E-state index contributed by atoms with van der Waals surface area (Å²) in [6, 6.07) is 0. The third kappa shape index (κ3) is 0.677. The van der Waals surface area contributed by atoms with Crippen molar-refractivity contribution in [2.24, 2.45) is 4.99 Å². The monoisotopic (exact) mass is 79.0 g/mol. The topological polar surface area (TPSA) is 12.4 Å². The molecule has 0 amide bonds. The Kier molecular flexibility index (Phi) is 1.05. The highest BCUT2D eigenvalue weighted by Crippen LogP contribution is 1.84. The van der Waals surface area contributed by atoms with Gasteiger partial charge in [0.2, 0.25) is 0 Å². The lowest BCUT2D eigenvalue weighted by Crippen LogP contribution is -1.82. The van der Waals surface area contributed by atoms with Crippen molar-refractivity contribution in [3.63, 3.8) is 0 Å². The first kappa shape index (κ1) is 3.59. The summed E-state index contributed by atoms with van der Waals surface area (Å²) in [6.07, 6.45) is 8.32. The normalized spacial score (nSPS) is 18.7. The van der Waals surface area contributed by atoms with Crippen LogP contribution in [0.25, 0.3) is 0 Å². The molecule has 0 saturated carbocycles. The first-order valence-corrected chi connectivity index (χ1v) is 1.89. The predicted molar refractivity (Wildman–Crippen MR) is 25.7 cm³/mol. The van der Waals surface area contributed by atoms with Crippen LogP contribution >= 0.6 is 0 Å². The van der Waals surface area contributed by atoms with Crippen molar-refractivity contribution in [2.75, 3.05) is 6.54 Å². The third-order valence-electron chi connectivity index (χ3n) is 0.591. The van der Waals surface area contributed by atoms with Gasteiger partial charge in [-0.15, -0.1) is 0 Å². The summed E-state index contributed by atoms with van der Waals surface area (Å²) in [5.74, 6) is 0. The maximum Gasteiger partial charge on any atom is 0.0567 e. The van der Waals surface area contributed by atoms with Crippen LogP contribution in [-0.4, -0.2) is 12.8 Å². The van der Waals surface area contributed by atoms with Gasteiger partial charge in [0.25, 0.3) is 0 Å². The minimum absolute atomic E-state index is 0.826. The fourth-order valence-corrected chi connectivity index (χ4v) is 0.330. The van der Waals surface area contributed by atoms with Crippen LogP contribution in [0.15, 0.2) is 17.1 Å². The van der Waals surface area contributed by atoms with E-state index in [1.54, 1.807) is 6.21 Å². The van der Waals surface area contributed by atoms with E-state index in [1.165, 1.54) is 0 Å². The van der Waals surface area contributed by atoms with Gasteiger partial charge >= 0.3 is 0 Å². The lowest BCUT2D eigenvalue weighted by molar-refractivity contribution is 1.24. The lowest BCUT2D eigenvalue weighted by Gasteiger charge is -1.86. The highest BCUT2D eigenvalue weighted by molar-refractivity contribution is 5.71. The molecular weight excluding hydrogens is 74.1 g/mol. The van der Waals surface area contributed by atoms with E-state index < -0.39 is 0 Å². The molecule has 0 aliphatic carbocycles. The molecule has 1 aliphatic rings. The highest BCUT2D eigenvalue weighted by Gasteiger charge is 1.78. The van der Waals surface area contributed by atoms with Gasteiger partial charge in [0.15, 0.2) is 0 Å². The average Bonchev–Trinajstić information content (AvgIpc) is 1.72. The summed E-state index contributed by atoms with van der Waals surface area (Å²) in [4.78, 5) is 3.85. The van der Waals surface area contributed by atoms with Gasteiger partial charge in [-0.3, -0.25) is 4.99 Å². The number of nitrogens with zero attached hydrogens (tertiary/aromatic N) is 1. The van der Waals surface area contributed by atoms with E-state index in [2.05, 4.69) is 11.4 Å². The fourth-order valence-electron chi connectivity index (χ4n) is 0.330. The van der Waals surface area contributed by atoms with Crippen molar-refractivity contribution < 1.29 is 0 Å². The Hall–Kier alpha value is -0.590. The van der Waals surface area contributed by atoms with E-state index in [-0.39, 0.29) is 0 Å². The Balaban J connectivity index is 2.40.